The van der Waals surface area contributed by atoms with Gasteiger partial charge in [-0.1, -0.05) is 13.8 Å². The van der Waals surface area contributed by atoms with Gasteiger partial charge in [0.2, 0.25) is 5.91 Å². The van der Waals surface area contributed by atoms with E-state index in [2.05, 4.69) is 36.4 Å². The second kappa shape index (κ2) is 5.57. The van der Waals surface area contributed by atoms with Crippen LogP contribution in [0.15, 0.2) is 0 Å². The molecule has 0 radical (unpaired) electrons. The maximum Gasteiger partial charge on any atom is 0.224 e. The Morgan fingerprint density at radius 1 is 1.50 bits per heavy atom. The van der Waals surface area contributed by atoms with Crippen molar-refractivity contribution >= 4 is 5.91 Å². The standard InChI is InChI=1S/C14H27N3O/c1-14(2)6-4-7-15-12(14)9-16-13(18)11-5-8-17(3)10-11/h11-12,15H,4-10H2,1-3H3,(H,16,18). The van der Waals surface area contributed by atoms with Gasteiger partial charge in [-0.15, -0.1) is 0 Å². The first-order chi connectivity index (χ1) is 8.49. The van der Waals surface area contributed by atoms with E-state index in [0.717, 1.165) is 32.6 Å². The molecule has 2 aliphatic heterocycles. The van der Waals surface area contributed by atoms with Crippen LogP contribution in [0.25, 0.3) is 0 Å². The number of hydrogen-bond donors (Lipinski definition) is 2. The van der Waals surface area contributed by atoms with Gasteiger partial charge in [0.15, 0.2) is 0 Å². The first-order valence-corrected chi connectivity index (χ1v) is 7.19. The molecule has 0 aromatic carbocycles. The fraction of sp³-hybridized carbons (Fsp3) is 0.929. The zero-order chi connectivity index (χ0) is 13.2. The molecule has 2 aliphatic rings. The highest BCUT2D eigenvalue weighted by molar-refractivity contribution is 5.79. The molecular formula is C14H27N3O. The van der Waals surface area contributed by atoms with Gasteiger partial charge < -0.3 is 15.5 Å². The van der Waals surface area contributed by atoms with Crippen LogP contribution in [-0.2, 0) is 4.79 Å². The third-order valence-corrected chi connectivity index (χ3v) is 4.57. The van der Waals surface area contributed by atoms with Crippen molar-refractivity contribution < 1.29 is 4.79 Å². The van der Waals surface area contributed by atoms with Crippen molar-refractivity contribution in [2.45, 2.75) is 39.2 Å². The van der Waals surface area contributed by atoms with E-state index >= 15 is 0 Å². The highest BCUT2D eigenvalue weighted by atomic mass is 16.1. The fourth-order valence-corrected chi connectivity index (χ4v) is 3.12. The number of carbonyl (C=O) groups excluding carboxylic acids is 1. The lowest BCUT2D eigenvalue weighted by Crippen LogP contribution is -2.53. The Labute approximate surface area is 110 Å². The van der Waals surface area contributed by atoms with E-state index in [1.165, 1.54) is 12.8 Å². The molecule has 2 fully saturated rings. The van der Waals surface area contributed by atoms with Crippen LogP contribution in [0.3, 0.4) is 0 Å². The molecule has 2 unspecified atom stereocenters. The van der Waals surface area contributed by atoms with Crippen LogP contribution >= 0.6 is 0 Å². The van der Waals surface area contributed by atoms with Crippen molar-refractivity contribution in [3.8, 4) is 0 Å². The predicted octanol–water partition coefficient (Wildman–Crippen LogP) is 0.833. The minimum atomic E-state index is 0.196. The van der Waals surface area contributed by atoms with Crippen LogP contribution in [0.5, 0.6) is 0 Å². The lowest BCUT2D eigenvalue weighted by Gasteiger charge is -2.39. The summed E-state index contributed by atoms with van der Waals surface area (Å²) in [6, 6.07) is 0.411. The first-order valence-electron chi connectivity index (χ1n) is 7.19. The fourth-order valence-electron chi connectivity index (χ4n) is 3.12. The second-order valence-corrected chi connectivity index (χ2v) is 6.59. The summed E-state index contributed by atoms with van der Waals surface area (Å²) in [5, 5.41) is 6.68. The topological polar surface area (TPSA) is 44.4 Å². The number of nitrogens with one attached hydrogen (secondary N) is 2. The minimum Gasteiger partial charge on any atom is -0.354 e. The van der Waals surface area contributed by atoms with E-state index in [-0.39, 0.29) is 17.2 Å². The molecular weight excluding hydrogens is 226 g/mol. The third-order valence-electron chi connectivity index (χ3n) is 4.57. The molecule has 2 rings (SSSR count). The smallest absolute Gasteiger partial charge is 0.224 e. The van der Waals surface area contributed by atoms with Crippen molar-refractivity contribution in [1.29, 1.82) is 0 Å². The average molecular weight is 253 g/mol. The van der Waals surface area contributed by atoms with E-state index in [4.69, 9.17) is 0 Å². The Kier molecular flexibility index (Phi) is 4.28. The van der Waals surface area contributed by atoms with Crippen molar-refractivity contribution in [1.82, 2.24) is 15.5 Å². The van der Waals surface area contributed by atoms with Gasteiger partial charge in [0.05, 0.1) is 5.92 Å². The molecule has 0 saturated carbocycles. The zero-order valence-corrected chi connectivity index (χ0v) is 12.0. The van der Waals surface area contributed by atoms with E-state index in [1.54, 1.807) is 0 Å². The Hall–Kier alpha value is -0.610. The van der Waals surface area contributed by atoms with Gasteiger partial charge in [-0.05, 0) is 44.8 Å². The largest absolute Gasteiger partial charge is 0.354 e. The molecule has 0 bridgehead atoms. The highest BCUT2D eigenvalue weighted by Crippen LogP contribution is 2.29. The molecule has 1 amide bonds. The van der Waals surface area contributed by atoms with Gasteiger partial charge in [0, 0.05) is 19.1 Å². The summed E-state index contributed by atoms with van der Waals surface area (Å²) in [4.78, 5) is 14.3. The summed E-state index contributed by atoms with van der Waals surface area (Å²) >= 11 is 0. The summed E-state index contributed by atoms with van der Waals surface area (Å²) in [5.41, 5.74) is 0.290. The summed E-state index contributed by atoms with van der Waals surface area (Å²) in [6.45, 7) is 8.39. The Morgan fingerprint density at radius 3 is 2.89 bits per heavy atom. The van der Waals surface area contributed by atoms with Gasteiger partial charge in [-0.25, -0.2) is 0 Å². The van der Waals surface area contributed by atoms with Crippen LogP contribution in [-0.4, -0.2) is 50.1 Å². The third kappa shape index (κ3) is 3.23. The van der Waals surface area contributed by atoms with Crippen LogP contribution in [0, 0.1) is 11.3 Å². The van der Waals surface area contributed by atoms with Crippen LogP contribution in [0.4, 0.5) is 0 Å². The molecule has 4 heteroatoms. The molecule has 2 heterocycles. The number of rotatable bonds is 3. The Bertz CT molecular complexity index is 303. The summed E-state index contributed by atoms with van der Waals surface area (Å²) in [7, 11) is 2.08. The number of piperidine rings is 1. The number of likely N-dealkylation sites (tertiary alicyclic amines) is 1. The Balaban J connectivity index is 1.78. The summed E-state index contributed by atoms with van der Waals surface area (Å²) in [6.07, 6.45) is 3.49. The van der Waals surface area contributed by atoms with E-state index < -0.39 is 0 Å². The summed E-state index contributed by atoms with van der Waals surface area (Å²) < 4.78 is 0. The lowest BCUT2D eigenvalue weighted by molar-refractivity contribution is -0.124. The molecule has 0 aromatic rings. The molecule has 2 N–H and O–H groups in total. The molecule has 18 heavy (non-hydrogen) atoms. The molecule has 4 nitrogen and oxygen atoms in total. The van der Waals surface area contributed by atoms with Gasteiger partial charge in [-0.2, -0.15) is 0 Å². The van der Waals surface area contributed by atoms with Crippen molar-refractivity contribution in [3.05, 3.63) is 0 Å². The first kappa shape index (κ1) is 13.8. The van der Waals surface area contributed by atoms with E-state index in [0.29, 0.717) is 6.04 Å². The Morgan fingerprint density at radius 2 is 2.28 bits per heavy atom. The SMILES string of the molecule is CN1CCC(C(=O)NCC2NCCCC2(C)C)C1. The highest BCUT2D eigenvalue weighted by Gasteiger charge is 2.33. The molecule has 2 saturated heterocycles. The van der Waals surface area contributed by atoms with E-state index in [9.17, 15) is 4.79 Å². The maximum absolute atomic E-state index is 12.1. The molecule has 0 aromatic heterocycles. The quantitative estimate of drug-likeness (QED) is 0.783. The van der Waals surface area contributed by atoms with Crippen LogP contribution in [0.1, 0.15) is 33.1 Å². The van der Waals surface area contributed by atoms with Crippen LogP contribution in [0.2, 0.25) is 0 Å². The van der Waals surface area contributed by atoms with Gasteiger partial charge in [-0.3, -0.25) is 4.79 Å². The monoisotopic (exact) mass is 253 g/mol. The normalized spacial score (nSPS) is 32.4. The molecule has 2 atom stereocenters. The average Bonchev–Trinajstić information content (AvgIpc) is 2.73. The van der Waals surface area contributed by atoms with Crippen LogP contribution < -0.4 is 10.6 Å². The van der Waals surface area contributed by atoms with Crippen molar-refractivity contribution in [3.63, 3.8) is 0 Å². The van der Waals surface area contributed by atoms with Gasteiger partial charge >= 0.3 is 0 Å². The van der Waals surface area contributed by atoms with Crippen molar-refractivity contribution in [2.75, 3.05) is 33.2 Å². The van der Waals surface area contributed by atoms with Crippen molar-refractivity contribution in [2.24, 2.45) is 11.3 Å². The van der Waals surface area contributed by atoms with Gasteiger partial charge in [0.1, 0.15) is 0 Å². The summed E-state index contributed by atoms with van der Waals surface area (Å²) in [5.74, 6) is 0.434. The van der Waals surface area contributed by atoms with Gasteiger partial charge in [0.25, 0.3) is 0 Å². The zero-order valence-electron chi connectivity index (χ0n) is 12.0. The number of hydrogen-bond acceptors (Lipinski definition) is 3. The maximum atomic E-state index is 12.1. The number of carbonyl (C=O) groups is 1. The molecule has 104 valence electrons. The second-order valence-electron chi connectivity index (χ2n) is 6.59. The number of amides is 1. The van der Waals surface area contributed by atoms with E-state index in [1.807, 2.05) is 0 Å². The molecule has 0 aliphatic carbocycles. The predicted molar refractivity (Wildman–Crippen MR) is 73.4 cm³/mol. The molecule has 0 spiro atoms. The minimum absolute atomic E-state index is 0.196. The lowest BCUT2D eigenvalue weighted by atomic mass is 9.77. The number of nitrogens with zero attached hydrogens (tertiary/aromatic N) is 1.